The monoisotopic (exact) mass is 553 g/mol. The number of halogens is 1. The Kier molecular flexibility index (Phi) is 6.62. The maximum Gasteiger partial charge on any atom is -1.00 e. The van der Waals surface area contributed by atoms with Crippen LogP contribution in [0, 0.1) is 3.63 Å². The molecule has 0 unspecified atom stereocenters. The summed E-state index contributed by atoms with van der Waals surface area (Å²) in [6, 6.07) is 13.2. The number of benzene rings is 1. The molecule has 0 saturated heterocycles. The van der Waals surface area contributed by atoms with E-state index >= 15 is 0 Å². The molecule has 0 radical (unpaired) electrons. The number of pyridine rings is 1. The van der Waals surface area contributed by atoms with Gasteiger partial charge in [0.2, 0.25) is 0 Å². The Bertz CT molecular complexity index is 941. The van der Waals surface area contributed by atoms with Crippen LogP contribution in [0.3, 0.4) is 0 Å². The van der Waals surface area contributed by atoms with Crippen molar-refractivity contribution in [1.29, 1.82) is 0 Å². The average Bonchev–Trinajstić information content (AvgIpc) is 2.90. The standard InChI is InChI=1S/C21H27N3.Au.ClH/c1-15(2)18-10-8-11-19(16(3)4)21(18)23-13-17-9-7-12-20(22(5)6)24(17)14-23;;/h7-13,15-16H,1-6H3;;1H/q;+1;/p-1. The smallest absolute Gasteiger partial charge is 1.00 e. The first kappa shape index (κ1) is 21.0. The third-order valence-corrected chi connectivity index (χ3v) is 5.66. The Labute approximate surface area is 174 Å². The summed E-state index contributed by atoms with van der Waals surface area (Å²) in [6.07, 6.45) is 2.26. The van der Waals surface area contributed by atoms with E-state index in [1.54, 1.807) is 0 Å². The van der Waals surface area contributed by atoms with Crippen molar-refractivity contribution < 1.29 is 33.0 Å². The van der Waals surface area contributed by atoms with Gasteiger partial charge in [-0.3, -0.25) is 0 Å². The number of fused-ring (bicyclic) bond motifs is 1. The van der Waals surface area contributed by atoms with Gasteiger partial charge < -0.3 is 12.4 Å². The molecular weight excluding hydrogens is 527 g/mol. The summed E-state index contributed by atoms with van der Waals surface area (Å²) in [4.78, 5) is 2.16. The molecule has 2 heterocycles. The molecule has 0 aliphatic heterocycles. The van der Waals surface area contributed by atoms with Crippen LogP contribution >= 0.6 is 0 Å². The second kappa shape index (κ2) is 8.18. The molecule has 3 rings (SSSR count). The average molecular weight is 554 g/mol. The molecule has 0 aliphatic carbocycles. The normalized spacial score (nSPS) is 11.3. The van der Waals surface area contributed by atoms with E-state index in [-0.39, 0.29) is 12.4 Å². The Balaban J connectivity index is 0.00000243. The van der Waals surface area contributed by atoms with E-state index in [9.17, 15) is 0 Å². The van der Waals surface area contributed by atoms with Crippen molar-refractivity contribution in [3.63, 3.8) is 0 Å². The third kappa shape index (κ3) is 3.59. The number of nitrogens with zero attached hydrogens (tertiary/aromatic N) is 3. The van der Waals surface area contributed by atoms with Crippen LogP contribution in [0.25, 0.3) is 11.2 Å². The van der Waals surface area contributed by atoms with Crippen molar-refractivity contribution in [2.45, 2.75) is 39.5 Å². The first-order valence-electron chi connectivity index (χ1n) is 8.81. The number of rotatable bonds is 4. The molecule has 3 aromatic rings. The second-order valence-corrected chi connectivity index (χ2v) is 8.34. The van der Waals surface area contributed by atoms with Crippen LogP contribution in [-0.2, 0) is 20.6 Å². The van der Waals surface area contributed by atoms with E-state index in [4.69, 9.17) is 0 Å². The molecule has 0 bridgehead atoms. The maximum absolute atomic E-state index is 2.70. The predicted molar refractivity (Wildman–Crippen MR) is 102 cm³/mol. The zero-order valence-corrected chi connectivity index (χ0v) is 19.1. The molecule has 0 aliphatic rings. The maximum atomic E-state index is 2.70. The van der Waals surface area contributed by atoms with E-state index in [0.29, 0.717) is 11.8 Å². The van der Waals surface area contributed by atoms with Gasteiger partial charge in [0.05, 0.1) is 0 Å². The molecule has 144 valence electrons. The van der Waals surface area contributed by atoms with Crippen LogP contribution < -0.4 is 17.3 Å². The molecule has 0 N–H and O–H groups in total. The van der Waals surface area contributed by atoms with E-state index in [1.165, 1.54) is 31.8 Å². The minimum absolute atomic E-state index is 0. The van der Waals surface area contributed by atoms with Crippen molar-refractivity contribution in [3.05, 3.63) is 57.4 Å². The molecule has 3 nitrogen and oxygen atoms in total. The van der Waals surface area contributed by atoms with Crippen molar-refractivity contribution >= 4 is 11.3 Å². The number of hydrogen-bond donors (Lipinski definition) is 0. The van der Waals surface area contributed by atoms with Gasteiger partial charge in [0.25, 0.3) is 0 Å². The van der Waals surface area contributed by atoms with E-state index in [0.717, 1.165) is 0 Å². The fourth-order valence-corrected chi connectivity index (χ4v) is 4.28. The minimum Gasteiger partial charge on any atom is -1.00 e. The Morgan fingerprint density at radius 3 is 1.92 bits per heavy atom. The van der Waals surface area contributed by atoms with E-state index < -0.39 is 0 Å². The summed E-state index contributed by atoms with van der Waals surface area (Å²) in [6.45, 7) is 9.09. The largest absolute Gasteiger partial charge is 1.00 e. The number of anilines is 1. The zero-order valence-electron chi connectivity index (χ0n) is 16.2. The van der Waals surface area contributed by atoms with Crippen LogP contribution in [0.5, 0.6) is 0 Å². The Morgan fingerprint density at radius 1 is 0.885 bits per heavy atom. The van der Waals surface area contributed by atoms with E-state index in [1.807, 2.05) is 0 Å². The van der Waals surface area contributed by atoms with Crippen molar-refractivity contribution in [3.8, 4) is 5.69 Å². The summed E-state index contributed by atoms with van der Waals surface area (Å²) in [5.41, 5.74) is 5.33. The minimum atomic E-state index is 0. The molecular formula is C21H27AuClN3. The van der Waals surface area contributed by atoms with Crippen LogP contribution in [0.15, 0.2) is 42.6 Å². The molecule has 2 aromatic heterocycles. The van der Waals surface area contributed by atoms with Gasteiger partial charge in [-0.15, -0.1) is 0 Å². The number of hydrogen-bond acceptors (Lipinski definition) is 1. The molecule has 0 atom stereocenters. The Hall–Kier alpha value is -1.26. The number of imidazole rings is 1. The molecule has 26 heavy (non-hydrogen) atoms. The molecule has 0 saturated carbocycles. The van der Waals surface area contributed by atoms with Gasteiger partial charge in [0, 0.05) is 0 Å². The number of para-hydroxylation sites is 1. The molecule has 5 heteroatoms. The van der Waals surface area contributed by atoms with Crippen LogP contribution in [-0.4, -0.2) is 23.1 Å². The fraction of sp³-hybridized carbons (Fsp3) is 0.381. The van der Waals surface area contributed by atoms with E-state index in [2.05, 4.69) is 119 Å². The molecule has 0 amide bonds. The van der Waals surface area contributed by atoms with Gasteiger partial charge >= 0.3 is 162 Å². The predicted octanol–water partition coefficient (Wildman–Crippen LogP) is 2.13. The quantitative estimate of drug-likeness (QED) is 0.451. The SMILES string of the molecule is CC(C)c1cccc(C(C)C)c1-n1cc2cccc(N(C)C)n2[c]1=[Au+].[Cl-]. The molecule has 1 aromatic carbocycles. The van der Waals surface area contributed by atoms with Crippen LogP contribution in [0.4, 0.5) is 5.82 Å². The summed E-state index contributed by atoms with van der Waals surface area (Å²) in [7, 11) is 4.18. The van der Waals surface area contributed by atoms with Crippen molar-refractivity contribution in [1.82, 2.24) is 8.97 Å². The van der Waals surface area contributed by atoms with Crippen molar-refractivity contribution in [2.24, 2.45) is 0 Å². The van der Waals surface area contributed by atoms with Crippen molar-refractivity contribution in [2.75, 3.05) is 19.0 Å². The third-order valence-electron chi connectivity index (χ3n) is 4.65. The summed E-state index contributed by atoms with van der Waals surface area (Å²) in [5, 5.41) is 0. The van der Waals surface area contributed by atoms with Gasteiger partial charge in [-0.1, -0.05) is 0 Å². The summed E-state index contributed by atoms with van der Waals surface area (Å²) >= 11 is 2.70. The van der Waals surface area contributed by atoms with Gasteiger partial charge in [-0.25, -0.2) is 0 Å². The Morgan fingerprint density at radius 2 is 1.42 bits per heavy atom. The van der Waals surface area contributed by atoms with Gasteiger partial charge in [-0.2, -0.15) is 0 Å². The number of aromatic nitrogens is 2. The van der Waals surface area contributed by atoms with Gasteiger partial charge in [0.15, 0.2) is 0 Å². The second-order valence-electron chi connectivity index (χ2n) is 7.37. The fourth-order valence-electron chi connectivity index (χ4n) is 3.37. The first-order valence-corrected chi connectivity index (χ1v) is 9.89. The zero-order chi connectivity index (χ0) is 18.3. The summed E-state index contributed by atoms with van der Waals surface area (Å²) in [5.74, 6) is 2.14. The van der Waals surface area contributed by atoms with Gasteiger partial charge in [0.1, 0.15) is 0 Å². The molecule has 0 spiro atoms. The van der Waals surface area contributed by atoms with Gasteiger partial charge in [-0.05, 0) is 0 Å². The first-order chi connectivity index (χ1) is 11.8. The topological polar surface area (TPSA) is 12.6 Å². The van der Waals surface area contributed by atoms with Crippen LogP contribution in [0.2, 0.25) is 0 Å². The summed E-state index contributed by atoms with van der Waals surface area (Å²) < 4.78 is 5.84. The van der Waals surface area contributed by atoms with Crippen LogP contribution in [0.1, 0.15) is 50.7 Å². The molecule has 0 fully saturated rings.